The first kappa shape index (κ1) is 58.0. The lowest BCUT2D eigenvalue weighted by molar-refractivity contribution is -0.171. The zero-order valence-electron chi connectivity index (χ0n) is 36.3. The van der Waals surface area contributed by atoms with E-state index in [1.165, 1.54) is 0 Å². The summed E-state index contributed by atoms with van der Waals surface area (Å²) < 4.78 is 43.3. The van der Waals surface area contributed by atoms with Gasteiger partial charge in [0, 0.05) is 12.8 Å². The summed E-state index contributed by atoms with van der Waals surface area (Å²) in [5.74, 6) is -2.46. The fourth-order valence-electron chi connectivity index (χ4n) is 5.08. The second-order valence-electron chi connectivity index (χ2n) is 13.8. The van der Waals surface area contributed by atoms with Gasteiger partial charge in [0.1, 0.15) is 13.2 Å². The van der Waals surface area contributed by atoms with Crippen molar-refractivity contribution in [1.29, 1.82) is 0 Å². The minimum atomic E-state index is -3.20. The van der Waals surface area contributed by atoms with E-state index in [-0.39, 0.29) is 44.6 Å². The number of allylic oxidation sites excluding steroid dienone is 20. The van der Waals surface area contributed by atoms with Gasteiger partial charge in [0.05, 0.1) is 0 Å². The molecule has 4 N–H and O–H groups in total. The molecule has 0 saturated carbocycles. The van der Waals surface area contributed by atoms with Gasteiger partial charge in [-0.15, -0.1) is 12.4 Å². The van der Waals surface area contributed by atoms with Crippen LogP contribution in [0.25, 0.3) is 0 Å². The molecule has 0 aromatic carbocycles. The maximum atomic E-state index is 13.7. The van der Waals surface area contributed by atoms with E-state index < -0.39 is 49.2 Å². The highest BCUT2D eigenvalue weighted by molar-refractivity contribution is 5.85. The van der Waals surface area contributed by atoms with E-state index in [1.54, 1.807) is 0 Å². The number of esters is 3. The zero-order valence-corrected chi connectivity index (χ0v) is 37.1. The molecule has 0 fully saturated rings. The van der Waals surface area contributed by atoms with Crippen molar-refractivity contribution in [1.82, 2.24) is 0 Å². The summed E-state index contributed by atoms with van der Waals surface area (Å²) >= 11 is 0. The van der Waals surface area contributed by atoms with E-state index in [0.29, 0.717) is 25.7 Å². The maximum Gasteiger partial charge on any atom is 0.332 e. The second kappa shape index (κ2) is 43.0. The van der Waals surface area contributed by atoms with Crippen molar-refractivity contribution >= 4 is 30.3 Å². The summed E-state index contributed by atoms with van der Waals surface area (Å²) in [6.45, 7) is 3.32. The Bertz CT molecular complexity index is 1400. The normalized spacial score (nSPS) is 14.2. The number of rotatable bonds is 36. The third-order valence-electron chi connectivity index (χ3n) is 8.51. The number of nitrogens with two attached hydrogens (primary N) is 2. The highest BCUT2D eigenvalue weighted by Crippen LogP contribution is 2.21. The minimum Gasteiger partial charge on any atom is -0.462 e. The molecule has 0 aliphatic carbocycles. The quantitative estimate of drug-likeness (QED) is 0.0276. The molecular formula is C49H75ClF2N2O6. The summed E-state index contributed by atoms with van der Waals surface area (Å²) in [6.07, 6.45) is 49.4. The van der Waals surface area contributed by atoms with Crippen molar-refractivity contribution in [2.75, 3.05) is 19.8 Å². The van der Waals surface area contributed by atoms with Gasteiger partial charge in [-0.25, -0.2) is 13.6 Å². The Morgan fingerprint density at radius 1 is 0.533 bits per heavy atom. The molecule has 11 heteroatoms. The Morgan fingerprint density at radius 2 is 0.883 bits per heavy atom. The molecule has 0 radical (unpaired) electrons. The van der Waals surface area contributed by atoms with Gasteiger partial charge in [-0.2, -0.15) is 0 Å². The molecule has 0 amide bonds. The van der Waals surface area contributed by atoms with Crippen molar-refractivity contribution < 1.29 is 37.4 Å². The Morgan fingerprint density at radius 3 is 1.25 bits per heavy atom. The van der Waals surface area contributed by atoms with Gasteiger partial charge in [0.2, 0.25) is 0 Å². The van der Waals surface area contributed by atoms with Gasteiger partial charge in [-0.05, 0) is 109 Å². The third kappa shape index (κ3) is 35.8. The number of unbranched alkanes of at least 4 members (excludes halogenated alkanes) is 2. The molecule has 0 aromatic rings. The first-order valence-corrected chi connectivity index (χ1v) is 21.5. The molecule has 338 valence electrons. The minimum absolute atomic E-state index is 0. The molecule has 0 aliphatic heterocycles. The highest BCUT2D eigenvalue weighted by atomic mass is 35.5. The van der Waals surface area contributed by atoms with Crippen LogP contribution in [-0.4, -0.2) is 55.7 Å². The molecule has 2 unspecified atom stereocenters. The van der Waals surface area contributed by atoms with Crippen molar-refractivity contribution in [3.63, 3.8) is 0 Å². The lowest BCUT2D eigenvalue weighted by Crippen LogP contribution is -2.55. The smallest absolute Gasteiger partial charge is 0.332 e. The lowest BCUT2D eigenvalue weighted by Gasteiger charge is -2.27. The van der Waals surface area contributed by atoms with Crippen LogP contribution in [0, 0.1) is 0 Å². The van der Waals surface area contributed by atoms with E-state index in [2.05, 4.69) is 111 Å². The highest BCUT2D eigenvalue weighted by Gasteiger charge is 2.45. The summed E-state index contributed by atoms with van der Waals surface area (Å²) in [7, 11) is 0. The molecule has 0 spiro atoms. The van der Waals surface area contributed by atoms with Crippen LogP contribution in [0.2, 0.25) is 0 Å². The predicted octanol–water partition coefficient (Wildman–Crippen LogP) is 12.0. The largest absolute Gasteiger partial charge is 0.462 e. The Balaban J connectivity index is 0. The van der Waals surface area contributed by atoms with E-state index >= 15 is 0 Å². The van der Waals surface area contributed by atoms with Crippen LogP contribution in [0.1, 0.15) is 129 Å². The average Bonchev–Trinajstić information content (AvgIpc) is 3.22. The van der Waals surface area contributed by atoms with Crippen LogP contribution >= 0.6 is 12.4 Å². The van der Waals surface area contributed by atoms with E-state index in [9.17, 15) is 23.2 Å². The standard InChI is InChI=1S/C49H74F2N2O6.ClH/c1-3-5-7-9-11-13-15-17-19-21-23-25-27-29-31-33-35-38-45(54)57-42-44(43-58-48(56)49(53,47(50)51)40-37-41-52)59-46(55)39-36-34-32-30-28-26-24-22-20-18-16-14-12-10-8-6-4-2;/h5-8,11-14,17-20,23-26,29-32,44,47H,3-4,9-10,15-16,21-22,27-28,33-43,52-53H2,1-2H3;1H/b7-5-,8-6-,13-11-,14-12-,19-17-,20-18-,25-23-,26-24-,31-29-,32-30-;. The number of ether oxygens (including phenoxy) is 3. The Kier molecular flexibility index (Phi) is 41.5. The third-order valence-corrected chi connectivity index (χ3v) is 8.51. The van der Waals surface area contributed by atoms with Crippen molar-refractivity contribution in [3.8, 4) is 0 Å². The van der Waals surface area contributed by atoms with Crippen LogP contribution in [0.4, 0.5) is 8.78 Å². The molecule has 2 atom stereocenters. The molecule has 0 heterocycles. The molecular weight excluding hydrogens is 786 g/mol. The van der Waals surface area contributed by atoms with Gasteiger partial charge >= 0.3 is 17.9 Å². The topological polar surface area (TPSA) is 131 Å². The molecule has 60 heavy (non-hydrogen) atoms. The summed E-state index contributed by atoms with van der Waals surface area (Å²) in [5.41, 5.74) is 8.57. The predicted molar refractivity (Wildman–Crippen MR) is 247 cm³/mol. The SMILES string of the molecule is CC/C=C\C/C=C\C/C=C\C/C=C\C/C=C\CCCC(=O)OCC(COC(=O)C(N)(CCCN)C(F)F)OC(=O)CCC/C=C\C/C=C\C/C=C\C/C=C\C/C=C\CC.Cl. The van der Waals surface area contributed by atoms with Crippen molar-refractivity contribution in [3.05, 3.63) is 122 Å². The van der Waals surface area contributed by atoms with Crippen LogP contribution in [-0.2, 0) is 28.6 Å². The molecule has 0 aliphatic rings. The second-order valence-corrected chi connectivity index (χ2v) is 13.8. The van der Waals surface area contributed by atoms with Crippen molar-refractivity contribution in [2.24, 2.45) is 11.5 Å². The maximum absolute atomic E-state index is 13.7. The van der Waals surface area contributed by atoms with Crippen LogP contribution in [0.5, 0.6) is 0 Å². The van der Waals surface area contributed by atoms with Gasteiger partial charge in [0.25, 0.3) is 6.43 Å². The fraction of sp³-hybridized carbons (Fsp3) is 0.531. The van der Waals surface area contributed by atoms with E-state index in [0.717, 1.165) is 64.2 Å². The number of carbonyl (C=O) groups excluding carboxylic acids is 3. The first-order chi connectivity index (χ1) is 28.7. The number of hydrogen-bond donors (Lipinski definition) is 2. The molecule has 0 saturated heterocycles. The monoisotopic (exact) mass is 861 g/mol. The lowest BCUT2D eigenvalue weighted by atomic mass is 9.95. The fourth-order valence-corrected chi connectivity index (χ4v) is 5.08. The number of hydrogen-bond acceptors (Lipinski definition) is 8. The van der Waals surface area contributed by atoms with Crippen molar-refractivity contribution in [2.45, 2.75) is 147 Å². The molecule has 8 nitrogen and oxygen atoms in total. The van der Waals surface area contributed by atoms with Crippen LogP contribution < -0.4 is 11.5 Å². The Hall–Kier alpha value is -4.12. The molecule has 0 bridgehead atoms. The van der Waals surface area contributed by atoms with E-state index in [1.807, 2.05) is 24.3 Å². The van der Waals surface area contributed by atoms with Crippen LogP contribution in [0.3, 0.4) is 0 Å². The van der Waals surface area contributed by atoms with Gasteiger partial charge in [-0.1, -0.05) is 135 Å². The summed E-state index contributed by atoms with van der Waals surface area (Å²) in [5, 5.41) is 0. The zero-order chi connectivity index (χ0) is 43.5. The van der Waals surface area contributed by atoms with E-state index in [4.69, 9.17) is 25.7 Å². The Labute approximate surface area is 366 Å². The molecule has 0 rings (SSSR count). The average molecular weight is 862 g/mol. The number of halogens is 3. The van der Waals surface area contributed by atoms with Crippen LogP contribution in [0.15, 0.2) is 122 Å². The number of carbonyl (C=O) groups is 3. The molecule has 0 aromatic heterocycles. The number of alkyl halides is 2. The van der Waals surface area contributed by atoms with Gasteiger partial charge < -0.3 is 25.7 Å². The summed E-state index contributed by atoms with van der Waals surface area (Å²) in [4.78, 5) is 37.8. The first-order valence-electron chi connectivity index (χ1n) is 21.5. The van der Waals surface area contributed by atoms with Gasteiger partial charge in [0.15, 0.2) is 11.6 Å². The summed E-state index contributed by atoms with van der Waals surface area (Å²) in [6, 6.07) is 0. The van der Waals surface area contributed by atoms with Gasteiger partial charge in [-0.3, -0.25) is 9.59 Å².